The van der Waals surface area contributed by atoms with E-state index in [2.05, 4.69) is 30.0 Å². The zero-order chi connectivity index (χ0) is 23.5. The van der Waals surface area contributed by atoms with Crippen molar-refractivity contribution in [3.8, 4) is 29.7 Å². The van der Waals surface area contributed by atoms with Gasteiger partial charge in [-0.25, -0.2) is 0 Å². The van der Waals surface area contributed by atoms with Crippen molar-refractivity contribution in [2.75, 3.05) is 26.7 Å². The Morgan fingerprint density at radius 2 is 1.94 bits per heavy atom. The Morgan fingerprint density at radius 1 is 1.22 bits per heavy atom. The number of allylic oxidation sites excluding steroid dienone is 2. The van der Waals surface area contributed by atoms with Crippen molar-refractivity contribution in [1.29, 1.82) is 15.8 Å². The standard InChI is InChI=1S/C25H29N5O2/c1-5-9-30-10-8-18-19(12-26)24(29)25(14-27,15-28)23(20(18)13-30)17-6-7-21(32-16(2)3)22(11-17)31-4/h6-8,11,16,20,23H,5,9-10,13,29H2,1-4H3/t20-,23+/m1/s1. The minimum absolute atomic E-state index is 0.0305. The zero-order valence-corrected chi connectivity index (χ0v) is 19.1. The van der Waals surface area contributed by atoms with Gasteiger partial charge in [0.25, 0.3) is 0 Å². The van der Waals surface area contributed by atoms with E-state index in [1.165, 1.54) is 0 Å². The second-order valence-electron chi connectivity index (χ2n) is 8.51. The number of rotatable bonds is 6. The number of nitriles is 3. The highest BCUT2D eigenvalue weighted by atomic mass is 16.5. The number of methoxy groups -OCH3 is 1. The Labute approximate surface area is 189 Å². The van der Waals surface area contributed by atoms with E-state index < -0.39 is 11.3 Å². The lowest BCUT2D eigenvalue weighted by Gasteiger charge is -2.45. The van der Waals surface area contributed by atoms with Crippen molar-refractivity contribution in [2.45, 2.75) is 39.2 Å². The third-order valence-electron chi connectivity index (χ3n) is 6.19. The number of ether oxygens (including phenoxy) is 2. The molecule has 0 saturated carbocycles. The topological polar surface area (TPSA) is 119 Å². The summed E-state index contributed by atoms with van der Waals surface area (Å²) in [7, 11) is 1.56. The first-order valence-corrected chi connectivity index (χ1v) is 10.9. The fourth-order valence-corrected chi connectivity index (χ4v) is 4.84. The molecule has 0 bridgehead atoms. The zero-order valence-electron chi connectivity index (χ0n) is 19.1. The van der Waals surface area contributed by atoms with Crippen LogP contribution in [0.2, 0.25) is 0 Å². The van der Waals surface area contributed by atoms with Crippen LogP contribution in [-0.2, 0) is 0 Å². The van der Waals surface area contributed by atoms with E-state index in [0.717, 1.165) is 24.1 Å². The van der Waals surface area contributed by atoms with E-state index >= 15 is 0 Å². The van der Waals surface area contributed by atoms with Gasteiger partial charge in [-0.15, -0.1) is 0 Å². The van der Waals surface area contributed by atoms with Gasteiger partial charge in [-0.3, -0.25) is 4.90 Å². The molecule has 0 fully saturated rings. The monoisotopic (exact) mass is 431 g/mol. The van der Waals surface area contributed by atoms with Gasteiger partial charge in [-0.05, 0) is 50.1 Å². The molecular weight excluding hydrogens is 402 g/mol. The molecule has 7 heteroatoms. The molecule has 1 heterocycles. The molecule has 3 rings (SSSR count). The molecule has 0 amide bonds. The highest BCUT2D eigenvalue weighted by Gasteiger charge is 2.54. The van der Waals surface area contributed by atoms with Crippen molar-refractivity contribution in [2.24, 2.45) is 17.1 Å². The van der Waals surface area contributed by atoms with E-state index in [9.17, 15) is 15.8 Å². The van der Waals surface area contributed by atoms with Crippen LogP contribution in [-0.4, -0.2) is 37.7 Å². The summed E-state index contributed by atoms with van der Waals surface area (Å²) < 4.78 is 11.4. The van der Waals surface area contributed by atoms with Crippen LogP contribution in [0, 0.1) is 45.3 Å². The highest BCUT2D eigenvalue weighted by Crippen LogP contribution is 2.54. The van der Waals surface area contributed by atoms with Gasteiger partial charge in [0.1, 0.15) is 6.07 Å². The molecule has 0 spiro atoms. The summed E-state index contributed by atoms with van der Waals surface area (Å²) in [4.78, 5) is 2.28. The van der Waals surface area contributed by atoms with Gasteiger partial charge in [-0.1, -0.05) is 19.1 Å². The lowest BCUT2D eigenvalue weighted by molar-refractivity contribution is 0.206. The Balaban J connectivity index is 2.24. The van der Waals surface area contributed by atoms with Gasteiger partial charge in [0.2, 0.25) is 0 Å². The third kappa shape index (κ3) is 3.79. The van der Waals surface area contributed by atoms with E-state index in [0.29, 0.717) is 24.6 Å². The molecule has 1 aliphatic heterocycles. The summed E-state index contributed by atoms with van der Waals surface area (Å²) in [5.41, 5.74) is 6.60. The molecule has 1 aliphatic carbocycles. The first-order valence-electron chi connectivity index (χ1n) is 10.9. The quantitative estimate of drug-likeness (QED) is 0.730. The summed E-state index contributed by atoms with van der Waals surface area (Å²) in [6.07, 6.45) is 2.98. The van der Waals surface area contributed by atoms with Crippen LogP contribution in [0.25, 0.3) is 0 Å². The maximum absolute atomic E-state index is 10.2. The van der Waals surface area contributed by atoms with Gasteiger partial charge in [0.15, 0.2) is 16.9 Å². The second-order valence-corrected chi connectivity index (χ2v) is 8.51. The number of nitrogens with zero attached hydrogens (tertiary/aromatic N) is 4. The van der Waals surface area contributed by atoms with Crippen molar-refractivity contribution in [1.82, 2.24) is 4.90 Å². The number of benzene rings is 1. The minimum atomic E-state index is -1.66. The molecule has 166 valence electrons. The maximum atomic E-state index is 10.2. The van der Waals surface area contributed by atoms with Crippen LogP contribution >= 0.6 is 0 Å². The fraction of sp³-hybridized carbons (Fsp3) is 0.480. The van der Waals surface area contributed by atoms with Crippen molar-refractivity contribution >= 4 is 0 Å². The number of hydrogen-bond donors (Lipinski definition) is 1. The lowest BCUT2D eigenvalue weighted by atomic mass is 9.58. The fourth-order valence-electron chi connectivity index (χ4n) is 4.84. The number of fused-ring (bicyclic) bond motifs is 1. The predicted octanol–water partition coefficient (Wildman–Crippen LogP) is 3.62. The summed E-state index contributed by atoms with van der Waals surface area (Å²) in [6, 6.07) is 12.0. The summed E-state index contributed by atoms with van der Waals surface area (Å²) in [5.74, 6) is 0.344. The third-order valence-corrected chi connectivity index (χ3v) is 6.19. The molecule has 2 atom stereocenters. The van der Waals surface area contributed by atoms with Gasteiger partial charge >= 0.3 is 0 Å². The minimum Gasteiger partial charge on any atom is -0.493 e. The molecule has 0 saturated heterocycles. The lowest BCUT2D eigenvalue weighted by Crippen LogP contribution is -2.48. The normalized spacial score (nSPS) is 22.2. The van der Waals surface area contributed by atoms with E-state index in [-0.39, 0.29) is 23.3 Å². The van der Waals surface area contributed by atoms with E-state index in [1.807, 2.05) is 38.1 Å². The first-order chi connectivity index (χ1) is 15.4. The largest absolute Gasteiger partial charge is 0.493 e. The van der Waals surface area contributed by atoms with Gasteiger partial charge in [0, 0.05) is 24.9 Å². The molecule has 0 unspecified atom stereocenters. The maximum Gasteiger partial charge on any atom is 0.191 e. The molecule has 0 aromatic heterocycles. The Kier molecular flexibility index (Phi) is 6.78. The van der Waals surface area contributed by atoms with Crippen molar-refractivity contribution < 1.29 is 9.47 Å². The van der Waals surface area contributed by atoms with Crippen molar-refractivity contribution in [3.63, 3.8) is 0 Å². The molecule has 2 aliphatic rings. The van der Waals surface area contributed by atoms with Crippen LogP contribution in [0.3, 0.4) is 0 Å². The molecule has 0 radical (unpaired) electrons. The Morgan fingerprint density at radius 3 is 2.50 bits per heavy atom. The Bertz CT molecular complexity index is 1050. The van der Waals surface area contributed by atoms with Crippen LogP contribution in [0.5, 0.6) is 11.5 Å². The number of hydrogen-bond acceptors (Lipinski definition) is 7. The molecule has 2 N–H and O–H groups in total. The summed E-state index contributed by atoms with van der Waals surface area (Å²) >= 11 is 0. The number of nitrogens with two attached hydrogens (primary N) is 1. The average molecular weight is 432 g/mol. The van der Waals surface area contributed by atoms with Crippen LogP contribution in [0.4, 0.5) is 0 Å². The van der Waals surface area contributed by atoms with Crippen LogP contribution < -0.4 is 15.2 Å². The smallest absolute Gasteiger partial charge is 0.191 e. The molecule has 32 heavy (non-hydrogen) atoms. The second kappa shape index (κ2) is 9.35. The summed E-state index contributed by atoms with van der Waals surface area (Å²) in [6.45, 7) is 8.22. The van der Waals surface area contributed by atoms with Gasteiger partial charge in [-0.2, -0.15) is 15.8 Å². The van der Waals surface area contributed by atoms with Crippen LogP contribution in [0.15, 0.2) is 41.1 Å². The van der Waals surface area contributed by atoms with Crippen molar-refractivity contribution in [3.05, 3.63) is 46.7 Å². The molecular formula is C25H29N5O2. The Hall–Kier alpha value is -3.47. The van der Waals surface area contributed by atoms with Gasteiger partial charge < -0.3 is 15.2 Å². The first kappa shape index (κ1) is 23.2. The van der Waals surface area contributed by atoms with Gasteiger partial charge in [0.05, 0.1) is 36.6 Å². The summed E-state index contributed by atoms with van der Waals surface area (Å²) in [5, 5.41) is 30.3. The van der Waals surface area contributed by atoms with Crippen LogP contribution in [0.1, 0.15) is 38.7 Å². The van der Waals surface area contributed by atoms with E-state index in [1.54, 1.807) is 7.11 Å². The molecule has 1 aromatic carbocycles. The van der Waals surface area contributed by atoms with E-state index in [4.69, 9.17) is 15.2 Å². The SMILES string of the molecule is CCCN1CC=C2C(C#N)=C(N)C(C#N)(C#N)[C@@H](c3ccc(OC(C)C)c(OC)c3)[C@@H]2C1. The predicted molar refractivity (Wildman–Crippen MR) is 120 cm³/mol. The molecule has 1 aromatic rings. The average Bonchev–Trinajstić information content (AvgIpc) is 2.79. The highest BCUT2D eigenvalue weighted by molar-refractivity contribution is 5.60. The molecule has 7 nitrogen and oxygen atoms in total.